The van der Waals surface area contributed by atoms with Gasteiger partial charge in [-0.1, -0.05) is 12.1 Å². The largest absolute Gasteiger partial charge is 0.496 e. The number of carbonyl (C=O) groups is 1. The Bertz CT molecular complexity index is 713. The molecule has 23 heavy (non-hydrogen) atoms. The summed E-state index contributed by atoms with van der Waals surface area (Å²) in [5.41, 5.74) is 7.42. The second kappa shape index (κ2) is 7.35. The van der Waals surface area contributed by atoms with Crippen molar-refractivity contribution in [3.63, 3.8) is 0 Å². The van der Waals surface area contributed by atoms with E-state index in [1.54, 1.807) is 63.8 Å². The lowest BCUT2D eigenvalue weighted by Crippen LogP contribution is -1.97. The van der Waals surface area contributed by atoms with Gasteiger partial charge in [0.25, 0.3) is 0 Å². The van der Waals surface area contributed by atoms with Crippen molar-refractivity contribution in [3.05, 3.63) is 53.6 Å². The molecule has 0 radical (unpaired) electrons. The molecular formula is C18H19NO4. The second-order valence-electron chi connectivity index (χ2n) is 4.77. The molecule has 2 aromatic rings. The first-order chi connectivity index (χ1) is 11.1. The average molecular weight is 313 g/mol. The summed E-state index contributed by atoms with van der Waals surface area (Å²) in [6.45, 7) is 0. The van der Waals surface area contributed by atoms with Crippen molar-refractivity contribution in [3.8, 4) is 17.2 Å². The zero-order valence-corrected chi connectivity index (χ0v) is 13.3. The molecule has 2 rings (SSSR count). The number of benzene rings is 2. The third-order valence-corrected chi connectivity index (χ3v) is 3.33. The second-order valence-corrected chi connectivity index (χ2v) is 4.77. The summed E-state index contributed by atoms with van der Waals surface area (Å²) in [5, 5.41) is 0. The van der Waals surface area contributed by atoms with E-state index in [0.717, 1.165) is 0 Å². The molecule has 0 amide bonds. The van der Waals surface area contributed by atoms with Crippen LogP contribution in [-0.4, -0.2) is 27.1 Å². The number of ketones is 1. The van der Waals surface area contributed by atoms with Crippen molar-refractivity contribution in [1.29, 1.82) is 0 Å². The van der Waals surface area contributed by atoms with Gasteiger partial charge >= 0.3 is 0 Å². The maximum atomic E-state index is 12.2. The van der Waals surface area contributed by atoms with Gasteiger partial charge < -0.3 is 19.9 Å². The molecule has 0 fully saturated rings. The van der Waals surface area contributed by atoms with Crippen molar-refractivity contribution >= 4 is 17.5 Å². The molecule has 2 aromatic carbocycles. The molecule has 0 aliphatic heterocycles. The van der Waals surface area contributed by atoms with Crippen molar-refractivity contribution in [2.45, 2.75) is 0 Å². The van der Waals surface area contributed by atoms with Crippen LogP contribution >= 0.6 is 0 Å². The zero-order chi connectivity index (χ0) is 16.8. The molecule has 0 bridgehead atoms. The first-order valence-corrected chi connectivity index (χ1v) is 6.97. The minimum Gasteiger partial charge on any atom is -0.496 e. The van der Waals surface area contributed by atoms with Crippen molar-refractivity contribution in [2.24, 2.45) is 0 Å². The average Bonchev–Trinajstić information content (AvgIpc) is 2.58. The van der Waals surface area contributed by atoms with Crippen molar-refractivity contribution in [2.75, 3.05) is 27.1 Å². The standard InChI is InChI=1S/C18H19NO4/c1-21-14-10-17(22-2)15(18(11-14)23-3)7-8-16(20)12-5-4-6-13(19)9-12/h4-11H,19H2,1-3H3. The van der Waals surface area contributed by atoms with Crippen LogP contribution in [0.25, 0.3) is 6.08 Å². The number of nitrogen functional groups attached to an aromatic ring is 1. The van der Waals surface area contributed by atoms with Crippen LogP contribution in [0.1, 0.15) is 15.9 Å². The monoisotopic (exact) mass is 313 g/mol. The molecule has 0 unspecified atom stereocenters. The maximum absolute atomic E-state index is 12.2. The Labute approximate surface area is 135 Å². The minimum absolute atomic E-state index is 0.155. The summed E-state index contributed by atoms with van der Waals surface area (Å²) in [5.74, 6) is 1.56. The predicted octanol–water partition coefficient (Wildman–Crippen LogP) is 3.19. The first-order valence-electron chi connectivity index (χ1n) is 6.97. The third-order valence-electron chi connectivity index (χ3n) is 3.33. The molecule has 120 valence electrons. The number of hydrogen-bond donors (Lipinski definition) is 1. The smallest absolute Gasteiger partial charge is 0.185 e. The van der Waals surface area contributed by atoms with Gasteiger partial charge in [-0.25, -0.2) is 0 Å². The van der Waals surface area contributed by atoms with E-state index in [-0.39, 0.29) is 5.78 Å². The molecule has 0 aromatic heterocycles. The van der Waals surface area contributed by atoms with Gasteiger partial charge in [0.2, 0.25) is 0 Å². The van der Waals surface area contributed by atoms with Gasteiger partial charge in [0, 0.05) is 23.4 Å². The van der Waals surface area contributed by atoms with Crippen molar-refractivity contribution < 1.29 is 19.0 Å². The number of carbonyl (C=O) groups excluding carboxylic acids is 1. The van der Waals surface area contributed by atoms with Crippen LogP contribution in [-0.2, 0) is 0 Å². The molecule has 0 aliphatic rings. The zero-order valence-electron chi connectivity index (χ0n) is 13.3. The Kier molecular flexibility index (Phi) is 5.25. The van der Waals surface area contributed by atoms with Gasteiger partial charge in [0.05, 0.1) is 26.9 Å². The molecule has 0 saturated heterocycles. The molecular weight excluding hydrogens is 294 g/mol. The number of anilines is 1. The van der Waals surface area contributed by atoms with Crippen LogP contribution in [0.4, 0.5) is 5.69 Å². The van der Waals surface area contributed by atoms with Gasteiger partial charge in [-0.3, -0.25) is 4.79 Å². The van der Waals surface area contributed by atoms with Crippen molar-refractivity contribution in [1.82, 2.24) is 0 Å². The third kappa shape index (κ3) is 3.83. The van der Waals surface area contributed by atoms with Crippen LogP contribution in [0.3, 0.4) is 0 Å². The Morgan fingerprint density at radius 3 is 2.17 bits per heavy atom. The quantitative estimate of drug-likeness (QED) is 0.504. The Balaban J connectivity index is 2.36. The number of methoxy groups -OCH3 is 3. The number of hydrogen-bond acceptors (Lipinski definition) is 5. The maximum Gasteiger partial charge on any atom is 0.185 e. The summed E-state index contributed by atoms with van der Waals surface area (Å²) < 4.78 is 15.9. The van der Waals surface area contributed by atoms with Gasteiger partial charge in [-0.2, -0.15) is 0 Å². The molecule has 0 saturated carbocycles. The number of allylic oxidation sites excluding steroid dienone is 1. The highest BCUT2D eigenvalue weighted by molar-refractivity contribution is 6.07. The lowest BCUT2D eigenvalue weighted by Gasteiger charge is -2.12. The highest BCUT2D eigenvalue weighted by Crippen LogP contribution is 2.35. The number of nitrogens with two attached hydrogens (primary N) is 1. The first kappa shape index (κ1) is 16.4. The Morgan fingerprint density at radius 2 is 1.65 bits per heavy atom. The molecule has 5 heteroatoms. The predicted molar refractivity (Wildman–Crippen MR) is 90.3 cm³/mol. The van der Waals surface area contributed by atoms with Gasteiger partial charge in [0.1, 0.15) is 17.2 Å². The molecule has 0 atom stereocenters. The van der Waals surface area contributed by atoms with Gasteiger partial charge in [-0.15, -0.1) is 0 Å². The van der Waals surface area contributed by atoms with Crippen LogP contribution in [0.5, 0.6) is 17.2 Å². The topological polar surface area (TPSA) is 70.8 Å². The normalized spacial score (nSPS) is 10.6. The van der Waals surface area contributed by atoms with E-state index in [2.05, 4.69) is 0 Å². The van der Waals surface area contributed by atoms with Gasteiger partial charge in [0.15, 0.2) is 5.78 Å². The fourth-order valence-electron chi connectivity index (χ4n) is 2.14. The van der Waals surface area contributed by atoms with E-state index in [1.807, 2.05) is 0 Å². The van der Waals surface area contributed by atoms with E-state index in [1.165, 1.54) is 6.08 Å². The van der Waals surface area contributed by atoms with E-state index in [4.69, 9.17) is 19.9 Å². The highest BCUT2D eigenvalue weighted by atomic mass is 16.5. The molecule has 2 N–H and O–H groups in total. The SMILES string of the molecule is COc1cc(OC)c(C=CC(=O)c2cccc(N)c2)c(OC)c1. The fourth-order valence-corrected chi connectivity index (χ4v) is 2.14. The molecule has 0 spiro atoms. The fraction of sp³-hybridized carbons (Fsp3) is 0.167. The summed E-state index contributed by atoms with van der Waals surface area (Å²) in [4.78, 5) is 12.2. The number of ether oxygens (including phenoxy) is 3. The Hall–Kier alpha value is -2.95. The van der Waals surface area contributed by atoms with Crippen LogP contribution in [0.2, 0.25) is 0 Å². The van der Waals surface area contributed by atoms with E-state index in [0.29, 0.717) is 34.1 Å². The summed E-state index contributed by atoms with van der Waals surface area (Å²) in [6, 6.07) is 10.3. The Morgan fingerprint density at radius 1 is 1.00 bits per heavy atom. The van der Waals surface area contributed by atoms with E-state index < -0.39 is 0 Å². The lowest BCUT2D eigenvalue weighted by atomic mass is 10.1. The lowest BCUT2D eigenvalue weighted by molar-refractivity contribution is 0.104. The van der Waals surface area contributed by atoms with Crippen LogP contribution in [0.15, 0.2) is 42.5 Å². The molecule has 5 nitrogen and oxygen atoms in total. The number of rotatable bonds is 6. The summed E-state index contributed by atoms with van der Waals surface area (Å²) in [7, 11) is 4.66. The van der Waals surface area contributed by atoms with E-state index in [9.17, 15) is 4.79 Å². The summed E-state index contributed by atoms with van der Waals surface area (Å²) >= 11 is 0. The molecule has 0 aliphatic carbocycles. The highest BCUT2D eigenvalue weighted by Gasteiger charge is 2.11. The molecule has 0 heterocycles. The summed E-state index contributed by atoms with van der Waals surface area (Å²) in [6.07, 6.45) is 3.12. The van der Waals surface area contributed by atoms with Crippen LogP contribution < -0.4 is 19.9 Å². The van der Waals surface area contributed by atoms with Gasteiger partial charge in [-0.05, 0) is 24.3 Å². The van der Waals surface area contributed by atoms with Crippen LogP contribution in [0, 0.1) is 0 Å². The minimum atomic E-state index is -0.155. The van der Waals surface area contributed by atoms with E-state index >= 15 is 0 Å².